The molecule has 0 atom stereocenters. The Kier molecular flexibility index (Phi) is 14.1. The summed E-state index contributed by atoms with van der Waals surface area (Å²) < 4.78 is 0. The fraction of sp³-hybridized carbons (Fsp3) is 0.933. The summed E-state index contributed by atoms with van der Waals surface area (Å²) >= 11 is 1.79. The Bertz CT molecular complexity index is 168. The molecule has 0 heterocycles. The van der Waals surface area contributed by atoms with E-state index in [0.29, 0.717) is 11.5 Å². The van der Waals surface area contributed by atoms with E-state index in [1.54, 1.807) is 18.7 Å². The SMILES string of the molecule is CCCCCCCCCCCCSCC(C)=O. The molecule has 0 aromatic carbocycles. The van der Waals surface area contributed by atoms with Crippen LogP contribution in [0, 0.1) is 0 Å². The lowest BCUT2D eigenvalue weighted by Crippen LogP contribution is -1.94. The second kappa shape index (κ2) is 14.1. The molecule has 0 aromatic heterocycles. The zero-order valence-electron chi connectivity index (χ0n) is 11.8. The predicted molar refractivity (Wildman–Crippen MR) is 79.9 cm³/mol. The summed E-state index contributed by atoms with van der Waals surface area (Å²) in [5.74, 6) is 2.18. The maximum absolute atomic E-state index is 10.7. The van der Waals surface area contributed by atoms with Crippen LogP contribution in [0.4, 0.5) is 0 Å². The van der Waals surface area contributed by atoms with Crippen LogP contribution in [0.25, 0.3) is 0 Å². The normalized spacial score (nSPS) is 10.7. The number of thioether (sulfide) groups is 1. The number of carbonyl (C=O) groups excluding carboxylic acids is 1. The van der Waals surface area contributed by atoms with Crippen LogP contribution in [0.15, 0.2) is 0 Å². The van der Waals surface area contributed by atoms with Crippen molar-refractivity contribution in [1.82, 2.24) is 0 Å². The minimum atomic E-state index is 0.307. The Morgan fingerprint density at radius 1 is 0.824 bits per heavy atom. The van der Waals surface area contributed by atoms with Gasteiger partial charge in [0.15, 0.2) is 0 Å². The molecule has 0 amide bonds. The first-order chi connectivity index (χ1) is 8.27. The largest absolute Gasteiger partial charge is 0.299 e. The average molecular weight is 258 g/mol. The molecule has 102 valence electrons. The zero-order chi connectivity index (χ0) is 12.8. The van der Waals surface area contributed by atoms with E-state index in [1.165, 1.54) is 64.2 Å². The molecule has 0 N–H and O–H groups in total. The molecular weight excluding hydrogens is 228 g/mol. The van der Waals surface area contributed by atoms with Crippen LogP contribution >= 0.6 is 11.8 Å². The predicted octanol–water partition coefficient (Wildman–Crippen LogP) is 5.23. The molecule has 0 aliphatic heterocycles. The van der Waals surface area contributed by atoms with E-state index < -0.39 is 0 Å². The van der Waals surface area contributed by atoms with Crippen molar-refractivity contribution in [2.45, 2.75) is 78.1 Å². The van der Waals surface area contributed by atoms with Crippen LogP contribution in [-0.4, -0.2) is 17.3 Å². The average Bonchev–Trinajstić information content (AvgIpc) is 2.30. The Balaban J connectivity index is 2.91. The Hall–Kier alpha value is 0.0200. The van der Waals surface area contributed by atoms with Crippen LogP contribution in [0.3, 0.4) is 0 Å². The van der Waals surface area contributed by atoms with Gasteiger partial charge in [-0.2, -0.15) is 11.8 Å². The van der Waals surface area contributed by atoms with Crippen molar-refractivity contribution in [3.63, 3.8) is 0 Å². The summed E-state index contributed by atoms with van der Waals surface area (Å²) in [7, 11) is 0. The maximum atomic E-state index is 10.7. The highest BCUT2D eigenvalue weighted by Gasteiger charge is 1.95. The summed E-state index contributed by atoms with van der Waals surface area (Å²) in [4.78, 5) is 10.7. The van der Waals surface area contributed by atoms with Gasteiger partial charge in [-0.25, -0.2) is 0 Å². The van der Waals surface area contributed by atoms with E-state index in [4.69, 9.17) is 0 Å². The van der Waals surface area contributed by atoms with Gasteiger partial charge in [0, 0.05) is 0 Å². The summed E-state index contributed by atoms with van der Waals surface area (Å²) in [5, 5.41) is 0. The molecule has 17 heavy (non-hydrogen) atoms. The smallest absolute Gasteiger partial charge is 0.139 e. The topological polar surface area (TPSA) is 17.1 Å². The number of carbonyl (C=O) groups is 1. The highest BCUT2D eigenvalue weighted by atomic mass is 32.2. The third kappa shape index (κ3) is 16.0. The van der Waals surface area contributed by atoms with Gasteiger partial charge in [-0.15, -0.1) is 0 Å². The minimum absolute atomic E-state index is 0.307. The summed E-state index contributed by atoms with van der Waals surface area (Å²) in [6.45, 7) is 3.94. The number of hydrogen-bond donors (Lipinski definition) is 0. The van der Waals surface area contributed by atoms with Gasteiger partial charge in [-0.1, -0.05) is 64.7 Å². The molecule has 0 unspecified atom stereocenters. The number of Topliss-reactive ketones (excluding diaryl/α,β-unsaturated/α-hetero) is 1. The van der Waals surface area contributed by atoms with Gasteiger partial charge >= 0.3 is 0 Å². The van der Waals surface area contributed by atoms with Crippen molar-refractivity contribution >= 4 is 17.5 Å². The van der Waals surface area contributed by atoms with E-state index >= 15 is 0 Å². The van der Waals surface area contributed by atoms with Crippen molar-refractivity contribution in [2.24, 2.45) is 0 Å². The van der Waals surface area contributed by atoms with Gasteiger partial charge in [0.25, 0.3) is 0 Å². The molecule has 0 aliphatic rings. The second-order valence-electron chi connectivity index (χ2n) is 4.94. The minimum Gasteiger partial charge on any atom is -0.299 e. The van der Waals surface area contributed by atoms with Gasteiger partial charge in [-0.3, -0.25) is 4.79 Å². The van der Waals surface area contributed by atoms with Gasteiger partial charge in [0.05, 0.1) is 5.75 Å². The molecule has 0 rings (SSSR count). The van der Waals surface area contributed by atoms with Crippen LogP contribution < -0.4 is 0 Å². The Labute approximate surface area is 112 Å². The van der Waals surface area contributed by atoms with Crippen molar-refractivity contribution in [1.29, 1.82) is 0 Å². The summed E-state index contributed by atoms with van der Waals surface area (Å²) in [5.41, 5.74) is 0. The number of rotatable bonds is 13. The molecule has 0 aliphatic carbocycles. The zero-order valence-corrected chi connectivity index (χ0v) is 12.6. The molecule has 0 bridgehead atoms. The van der Waals surface area contributed by atoms with Crippen molar-refractivity contribution < 1.29 is 4.79 Å². The molecule has 0 saturated carbocycles. The first-order valence-electron chi connectivity index (χ1n) is 7.34. The first-order valence-corrected chi connectivity index (χ1v) is 8.50. The third-order valence-corrected chi connectivity index (χ3v) is 4.14. The first kappa shape index (κ1) is 17.0. The molecule has 0 radical (unpaired) electrons. The fourth-order valence-electron chi connectivity index (χ4n) is 1.91. The van der Waals surface area contributed by atoms with E-state index in [1.807, 2.05) is 0 Å². The van der Waals surface area contributed by atoms with Gasteiger partial charge < -0.3 is 0 Å². The lowest BCUT2D eigenvalue weighted by molar-refractivity contribution is -0.114. The van der Waals surface area contributed by atoms with E-state index in [0.717, 1.165) is 5.75 Å². The van der Waals surface area contributed by atoms with Crippen LogP contribution in [0.1, 0.15) is 78.1 Å². The van der Waals surface area contributed by atoms with Gasteiger partial charge in [-0.05, 0) is 19.1 Å². The van der Waals surface area contributed by atoms with Gasteiger partial charge in [0.1, 0.15) is 5.78 Å². The van der Waals surface area contributed by atoms with Crippen LogP contribution in [0.5, 0.6) is 0 Å². The monoisotopic (exact) mass is 258 g/mol. The lowest BCUT2D eigenvalue weighted by atomic mass is 10.1. The molecule has 0 aromatic rings. The Morgan fingerprint density at radius 3 is 1.76 bits per heavy atom. The quantitative estimate of drug-likeness (QED) is 0.421. The number of hydrogen-bond acceptors (Lipinski definition) is 2. The van der Waals surface area contributed by atoms with Crippen LogP contribution in [0.2, 0.25) is 0 Å². The molecule has 1 nitrogen and oxygen atoms in total. The fourth-order valence-corrected chi connectivity index (χ4v) is 2.75. The molecule has 0 fully saturated rings. The number of ketones is 1. The highest BCUT2D eigenvalue weighted by Crippen LogP contribution is 2.12. The van der Waals surface area contributed by atoms with E-state index in [-0.39, 0.29) is 0 Å². The Morgan fingerprint density at radius 2 is 1.29 bits per heavy atom. The second-order valence-corrected chi connectivity index (χ2v) is 6.04. The highest BCUT2D eigenvalue weighted by molar-refractivity contribution is 7.99. The third-order valence-electron chi connectivity index (χ3n) is 2.95. The van der Waals surface area contributed by atoms with E-state index in [9.17, 15) is 4.79 Å². The number of unbranched alkanes of at least 4 members (excludes halogenated alkanes) is 9. The van der Waals surface area contributed by atoms with Crippen molar-refractivity contribution in [3.8, 4) is 0 Å². The molecule has 0 spiro atoms. The molecule has 0 saturated heterocycles. The van der Waals surface area contributed by atoms with Crippen molar-refractivity contribution in [3.05, 3.63) is 0 Å². The van der Waals surface area contributed by atoms with E-state index in [2.05, 4.69) is 6.92 Å². The molecular formula is C15H30OS. The standard InChI is InChI=1S/C15H30OS/c1-3-4-5-6-7-8-9-10-11-12-13-17-14-15(2)16/h3-14H2,1-2H3. The summed E-state index contributed by atoms with van der Waals surface area (Å²) in [6, 6.07) is 0. The molecule has 2 heteroatoms. The van der Waals surface area contributed by atoms with Crippen molar-refractivity contribution in [2.75, 3.05) is 11.5 Å². The summed E-state index contributed by atoms with van der Waals surface area (Å²) in [6.07, 6.45) is 13.9. The van der Waals surface area contributed by atoms with Gasteiger partial charge in [0.2, 0.25) is 0 Å². The lowest BCUT2D eigenvalue weighted by Gasteiger charge is -2.02. The van der Waals surface area contributed by atoms with Crippen LogP contribution in [-0.2, 0) is 4.79 Å². The maximum Gasteiger partial charge on any atom is 0.139 e.